The van der Waals surface area contributed by atoms with Crippen molar-refractivity contribution in [2.24, 2.45) is 0 Å². The average molecular weight is 528 g/mol. The second kappa shape index (κ2) is 12.0. The SMILES string of the molecule is CC(C)c1nc(Nc2ncc(C(F)(F)F)cc2C(=O)O)sc1-c1ccc(-c2ccccc2)cc1.CCC. The van der Waals surface area contributed by atoms with Gasteiger partial charge in [0.05, 0.1) is 16.1 Å². The molecule has 4 rings (SSSR count). The molecule has 0 aliphatic rings. The second-order valence-corrected chi connectivity index (χ2v) is 9.59. The molecular formula is C28H28F3N3O2S. The standard InChI is InChI=1S/C25H20F3N3O2S.C3H8/c1-14(2)20-21(17-10-8-16(9-11-17)15-6-4-3-5-7-15)34-24(30-20)31-22-19(23(32)33)12-18(13-29-22)25(26,27)28;1-3-2/h3-14H,1-2H3,(H,32,33)(H,29,30,31);3H2,1-2H3. The van der Waals surface area contributed by atoms with Crippen LogP contribution in [0.4, 0.5) is 24.1 Å². The second-order valence-electron chi connectivity index (χ2n) is 8.59. The lowest BCUT2D eigenvalue weighted by Gasteiger charge is -2.10. The number of aromatic carboxylic acids is 1. The molecule has 0 spiro atoms. The lowest BCUT2D eigenvalue weighted by molar-refractivity contribution is -0.137. The molecule has 2 heterocycles. The predicted octanol–water partition coefficient (Wildman–Crippen LogP) is 8.87. The summed E-state index contributed by atoms with van der Waals surface area (Å²) in [5.41, 5.74) is 2.19. The molecule has 4 aromatic rings. The fourth-order valence-corrected chi connectivity index (χ4v) is 4.54. The van der Waals surface area contributed by atoms with Crippen molar-refractivity contribution in [3.63, 3.8) is 0 Å². The minimum absolute atomic E-state index is 0.0649. The molecule has 0 atom stereocenters. The minimum Gasteiger partial charge on any atom is -0.478 e. The van der Waals surface area contributed by atoms with Gasteiger partial charge in [-0.05, 0) is 28.7 Å². The van der Waals surface area contributed by atoms with Crippen molar-refractivity contribution in [1.29, 1.82) is 0 Å². The Morgan fingerprint density at radius 2 is 1.57 bits per heavy atom. The van der Waals surface area contributed by atoms with Crippen molar-refractivity contribution in [2.75, 3.05) is 5.32 Å². The fraction of sp³-hybridized carbons (Fsp3) is 0.250. The number of carboxylic acids is 1. The normalized spacial score (nSPS) is 11.1. The molecule has 9 heteroatoms. The first-order valence-corrected chi connectivity index (χ1v) is 12.6. The van der Waals surface area contributed by atoms with E-state index in [9.17, 15) is 23.1 Å². The number of nitrogens with one attached hydrogen (secondary N) is 1. The molecule has 194 valence electrons. The van der Waals surface area contributed by atoms with Crippen LogP contribution in [0.1, 0.15) is 61.6 Å². The van der Waals surface area contributed by atoms with Crippen molar-refractivity contribution < 1.29 is 23.1 Å². The number of carboxylic acid groups (broad SMARTS) is 1. The summed E-state index contributed by atoms with van der Waals surface area (Å²) in [4.78, 5) is 20.8. The molecule has 0 unspecified atom stereocenters. The van der Waals surface area contributed by atoms with E-state index in [2.05, 4.69) is 29.1 Å². The van der Waals surface area contributed by atoms with Crippen LogP contribution >= 0.6 is 11.3 Å². The molecular weight excluding hydrogens is 499 g/mol. The first kappa shape index (κ1) is 27.9. The molecule has 0 aliphatic heterocycles. The maximum Gasteiger partial charge on any atom is 0.417 e. The summed E-state index contributed by atoms with van der Waals surface area (Å²) in [5, 5.41) is 12.6. The zero-order valence-electron chi connectivity index (χ0n) is 20.9. The van der Waals surface area contributed by atoms with Crippen LogP contribution < -0.4 is 5.32 Å². The van der Waals surface area contributed by atoms with E-state index in [0.29, 0.717) is 17.4 Å². The van der Waals surface area contributed by atoms with Gasteiger partial charge in [0.2, 0.25) is 0 Å². The van der Waals surface area contributed by atoms with E-state index in [4.69, 9.17) is 0 Å². The summed E-state index contributed by atoms with van der Waals surface area (Å²) < 4.78 is 39.0. The number of thiazole rings is 1. The van der Waals surface area contributed by atoms with E-state index in [1.54, 1.807) is 0 Å². The third-order valence-electron chi connectivity index (χ3n) is 5.13. The number of hydrogen-bond acceptors (Lipinski definition) is 5. The van der Waals surface area contributed by atoms with Crippen LogP contribution in [0.25, 0.3) is 21.6 Å². The van der Waals surface area contributed by atoms with Gasteiger partial charge in [0.15, 0.2) is 5.13 Å². The molecule has 37 heavy (non-hydrogen) atoms. The summed E-state index contributed by atoms with van der Waals surface area (Å²) >= 11 is 1.29. The number of aromatic nitrogens is 2. The van der Waals surface area contributed by atoms with Crippen LogP contribution in [0, 0.1) is 0 Å². The quantitative estimate of drug-likeness (QED) is 0.262. The molecule has 2 aromatic heterocycles. The number of rotatable bonds is 6. The molecule has 0 saturated heterocycles. The van der Waals surface area contributed by atoms with E-state index in [-0.39, 0.29) is 11.7 Å². The van der Waals surface area contributed by atoms with Gasteiger partial charge in [0.1, 0.15) is 11.4 Å². The Kier molecular flexibility index (Phi) is 9.04. The number of pyridine rings is 1. The first-order valence-electron chi connectivity index (χ1n) is 11.8. The third-order valence-corrected chi connectivity index (χ3v) is 6.16. The molecule has 0 saturated carbocycles. The van der Waals surface area contributed by atoms with E-state index < -0.39 is 23.3 Å². The van der Waals surface area contributed by atoms with Gasteiger partial charge in [-0.15, -0.1) is 0 Å². The monoisotopic (exact) mass is 527 g/mol. The third kappa shape index (κ3) is 6.95. The largest absolute Gasteiger partial charge is 0.478 e. The highest BCUT2D eigenvalue weighted by Crippen LogP contribution is 2.39. The lowest BCUT2D eigenvalue weighted by atomic mass is 10.0. The van der Waals surface area contributed by atoms with E-state index in [1.165, 1.54) is 17.8 Å². The highest BCUT2D eigenvalue weighted by atomic mass is 32.1. The fourth-order valence-electron chi connectivity index (χ4n) is 3.41. The van der Waals surface area contributed by atoms with Crippen LogP contribution in [-0.2, 0) is 6.18 Å². The Hall–Kier alpha value is -3.72. The van der Waals surface area contributed by atoms with Crippen molar-refractivity contribution in [3.8, 4) is 21.6 Å². The highest BCUT2D eigenvalue weighted by Gasteiger charge is 2.32. The number of carbonyl (C=O) groups is 1. The minimum atomic E-state index is -4.69. The Balaban J connectivity index is 0.00000121. The number of hydrogen-bond donors (Lipinski definition) is 2. The highest BCUT2D eigenvalue weighted by molar-refractivity contribution is 7.19. The zero-order chi connectivity index (χ0) is 27.2. The smallest absolute Gasteiger partial charge is 0.417 e. The van der Waals surface area contributed by atoms with Crippen molar-refractivity contribution in [3.05, 3.63) is 83.7 Å². The summed E-state index contributed by atoms with van der Waals surface area (Å²) in [6, 6.07) is 18.5. The van der Waals surface area contributed by atoms with Crippen molar-refractivity contribution in [2.45, 2.75) is 46.2 Å². The number of halogens is 3. The molecule has 5 nitrogen and oxygen atoms in total. The Labute approximate surface area is 218 Å². The number of benzene rings is 2. The van der Waals surface area contributed by atoms with Gasteiger partial charge in [0.25, 0.3) is 0 Å². The number of alkyl halides is 3. The van der Waals surface area contributed by atoms with Gasteiger partial charge in [-0.3, -0.25) is 0 Å². The number of anilines is 2. The van der Waals surface area contributed by atoms with Gasteiger partial charge >= 0.3 is 12.1 Å². The van der Waals surface area contributed by atoms with Crippen LogP contribution in [0.3, 0.4) is 0 Å². The first-order chi connectivity index (χ1) is 17.5. The van der Waals surface area contributed by atoms with E-state index >= 15 is 0 Å². The number of nitrogens with zero attached hydrogens (tertiary/aromatic N) is 2. The van der Waals surface area contributed by atoms with Crippen molar-refractivity contribution >= 4 is 28.3 Å². The van der Waals surface area contributed by atoms with Gasteiger partial charge in [-0.25, -0.2) is 14.8 Å². The maximum absolute atomic E-state index is 13.0. The van der Waals surface area contributed by atoms with Gasteiger partial charge in [-0.1, -0.05) is 100 Å². The van der Waals surface area contributed by atoms with E-state index in [0.717, 1.165) is 27.3 Å². The Bertz CT molecular complexity index is 1340. The van der Waals surface area contributed by atoms with Crippen LogP contribution in [-0.4, -0.2) is 21.0 Å². The predicted molar refractivity (Wildman–Crippen MR) is 143 cm³/mol. The van der Waals surface area contributed by atoms with Crippen LogP contribution in [0.5, 0.6) is 0 Å². The van der Waals surface area contributed by atoms with Crippen LogP contribution in [0.15, 0.2) is 66.9 Å². The maximum atomic E-state index is 13.0. The molecule has 0 bridgehead atoms. The average Bonchev–Trinajstić information content (AvgIpc) is 3.29. The molecule has 0 aliphatic carbocycles. The van der Waals surface area contributed by atoms with Gasteiger partial charge in [0, 0.05) is 6.20 Å². The van der Waals surface area contributed by atoms with Gasteiger partial charge in [-0.2, -0.15) is 13.2 Å². The summed E-state index contributed by atoms with van der Waals surface area (Å²) in [6.07, 6.45) is -2.84. The molecule has 2 aromatic carbocycles. The lowest BCUT2D eigenvalue weighted by Crippen LogP contribution is -2.11. The summed E-state index contributed by atoms with van der Waals surface area (Å²) in [5.74, 6) is -1.65. The summed E-state index contributed by atoms with van der Waals surface area (Å²) in [7, 11) is 0. The Morgan fingerprint density at radius 3 is 2.11 bits per heavy atom. The van der Waals surface area contributed by atoms with Crippen molar-refractivity contribution in [1.82, 2.24) is 9.97 Å². The van der Waals surface area contributed by atoms with Crippen LogP contribution in [0.2, 0.25) is 0 Å². The topological polar surface area (TPSA) is 75.1 Å². The summed E-state index contributed by atoms with van der Waals surface area (Å²) in [6.45, 7) is 8.22. The molecule has 2 N–H and O–H groups in total. The Morgan fingerprint density at radius 1 is 1.00 bits per heavy atom. The molecule has 0 radical (unpaired) electrons. The molecule has 0 fully saturated rings. The zero-order valence-corrected chi connectivity index (χ0v) is 21.7. The van der Waals surface area contributed by atoms with E-state index in [1.807, 2.05) is 68.4 Å². The van der Waals surface area contributed by atoms with Gasteiger partial charge < -0.3 is 10.4 Å². The molecule has 0 amide bonds.